The van der Waals surface area contributed by atoms with Crippen molar-refractivity contribution in [1.29, 1.82) is 0 Å². The van der Waals surface area contributed by atoms with Crippen molar-refractivity contribution in [3.05, 3.63) is 42.1 Å². The van der Waals surface area contributed by atoms with E-state index in [0.717, 1.165) is 13.1 Å². The first kappa shape index (κ1) is 11.2. The quantitative estimate of drug-likeness (QED) is 0.809. The minimum atomic E-state index is 0.691. The molecule has 1 heterocycles. The van der Waals surface area contributed by atoms with Gasteiger partial charge in [-0.2, -0.15) is 0 Å². The van der Waals surface area contributed by atoms with Gasteiger partial charge in [-0.1, -0.05) is 30.3 Å². The number of hydrogen-bond donors (Lipinski definition) is 2. The van der Waals surface area contributed by atoms with Gasteiger partial charge < -0.3 is 10.6 Å². The van der Waals surface area contributed by atoms with E-state index in [4.69, 9.17) is 0 Å². The lowest BCUT2D eigenvalue weighted by Gasteiger charge is -2.25. The first-order valence-electron chi connectivity index (χ1n) is 6.05. The Balaban J connectivity index is 2.20. The van der Waals surface area contributed by atoms with Gasteiger partial charge in [-0.25, -0.2) is 0 Å². The monoisotopic (exact) mass is 216 g/mol. The van der Waals surface area contributed by atoms with E-state index in [1.165, 1.54) is 24.0 Å². The number of benzene rings is 1. The van der Waals surface area contributed by atoms with Crippen LogP contribution in [0.4, 0.5) is 0 Å². The Kier molecular flexibility index (Phi) is 4.00. The van der Waals surface area contributed by atoms with Crippen LogP contribution in [-0.4, -0.2) is 20.1 Å². The molecule has 16 heavy (non-hydrogen) atoms. The second-order valence-corrected chi connectivity index (χ2v) is 4.28. The molecule has 2 nitrogen and oxygen atoms in total. The Bertz CT molecular complexity index is 337. The van der Waals surface area contributed by atoms with E-state index in [1.807, 2.05) is 7.05 Å². The lowest BCUT2D eigenvalue weighted by atomic mass is 9.86. The van der Waals surface area contributed by atoms with Crippen molar-refractivity contribution in [1.82, 2.24) is 10.6 Å². The molecule has 1 aliphatic rings. The molecule has 2 heteroatoms. The van der Waals surface area contributed by atoms with Gasteiger partial charge in [0.1, 0.15) is 0 Å². The lowest BCUT2D eigenvalue weighted by molar-refractivity contribution is 0.446. The Morgan fingerprint density at radius 3 is 2.56 bits per heavy atom. The van der Waals surface area contributed by atoms with Crippen molar-refractivity contribution in [2.24, 2.45) is 5.92 Å². The normalized spacial score (nSPS) is 18.4. The Labute approximate surface area is 97.8 Å². The summed E-state index contributed by atoms with van der Waals surface area (Å²) in [5.41, 5.74) is 2.80. The molecular formula is C14H20N2. The molecule has 1 aliphatic heterocycles. The van der Waals surface area contributed by atoms with Gasteiger partial charge in [-0.15, -0.1) is 0 Å². The zero-order valence-corrected chi connectivity index (χ0v) is 9.87. The van der Waals surface area contributed by atoms with Gasteiger partial charge in [0.05, 0.1) is 0 Å². The average Bonchev–Trinajstić information content (AvgIpc) is 2.38. The minimum Gasteiger partial charge on any atom is -0.394 e. The van der Waals surface area contributed by atoms with E-state index in [1.54, 1.807) is 0 Å². The maximum absolute atomic E-state index is 3.42. The number of rotatable bonds is 3. The van der Waals surface area contributed by atoms with E-state index < -0.39 is 0 Å². The Morgan fingerprint density at radius 1 is 1.25 bits per heavy atom. The highest BCUT2D eigenvalue weighted by molar-refractivity contribution is 5.67. The van der Waals surface area contributed by atoms with Gasteiger partial charge in [0.25, 0.3) is 0 Å². The minimum absolute atomic E-state index is 0.691. The second kappa shape index (κ2) is 5.71. The fourth-order valence-electron chi connectivity index (χ4n) is 2.36. The first-order chi connectivity index (χ1) is 7.92. The molecule has 1 aromatic carbocycles. The van der Waals surface area contributed by atoms with Gasteiger partial charge >= 0.3 is 0 Å². The molecular weight excluding hydrogens is 196 g/mol. The van der Waals surface area contributed by atoms with Gasteiger partial charge in [-0.3, -0.25) is 0 Å². The third kappa shape index (κ3) is 2.64. The Hall–Kier alpha value is -1.28. The smallest absolute Gasteiger partial charge is 0.00278 e. The van der Waals surface area contributed by atoms with Crippen LogP contribution in [0.5, 0.6) is 0 Å². The van der Waals surface area contributed by atoms with Crippen LogP contribution in [0.2, 0.25) is 0 Å². The van der Waals surface area contributed by atoms with Crippen LogP contribution in [0.3, 0.4) is 0 Å². The standard InChI is InChI=1S/C14H20N2/c1-15-11-14(12-5-3-2-4-6-12)13-7-9-16-10-8-13/h2-6,11,13,15-16H,7-10H2,1H3/b14-11+. The van der Waals surface area contributed by atoms with Gasteiger partial charge in [0.15, 0.2) is 0 Å². The SMILES string of the molecule is CN/C=C(\c1ccccc1)C1CCNCC1. The maximum atomic E-state index is 3.42. The largest absolute Gasteiger partial charge is 0.394 e. The predicted molar refractivity (Wildman–Crippen MR) is 69.1 cm³/mol. The number of hydrogen-bond acceptors (Lipinski definition) is 2. The van der Waals surface area contributed by atoms with E-state index in [2.05, 4.69) is 47.2 Å². The van der Waals surface area contributed by atoms with Crippen LogP contribution >= 0.6 is 0 Å². The molecule has 0 spiro atoms. The van der Waals surface area contributed by atoms with Crippen LogP contribution in [0.15, 0.2) is 36.5 Å². The zero-order valence-electron chi connectivity index (χ0n) is 9.87. The van der Waals surface area contributed by atoms with Gasteiger partial charge in [0.2, 0.25) is 0 Å². The lowest BCUT2D eigenvalue weighted by Crippen LogP contribution is -2.28. The van der Waals surface area contributed by atoms with E-state index in [-0.39, 0.29) is 0 Å². The van der Waals surface area contributed by atoms with Crippen LogP contribution in [-0.2, 0) is 0 Å². The van der Waals surface area contributed by atoms with E-state index in [9.17, 15) is 0 Å². The highest BCUT2D eigenvalue weighted by Crippen LogP contribution is 2.29. The number of piperidine rings is 1. The van der Waals surface area contributed by atoms with Crippen molar-refractivity contribution in [2.75, 3.05) is 20.1 Å². The molecule has 1 saturated heterocycles. The third-order valence-corrected chi connectivity index (χ3v) is 3.19. The summed E-state index contributed by atoms with van der Waals surface area (Å²) in [6.45, 7) is 2.27. The maximum Gasteiger partial charge on any atom is 0.00278 e. The summed E-state index contributed by atoms with van der Waals surface area (Å²) >= 11 is 0. The number of nitrogens with one attached hydrogen (secondary N) is 2. The molecule has 0 aromatic heterocycles. The molecule has 1 fully saturated rings. The number of allylic oxidation sites excluding steroid dienone is 1. The van der Waals surface area contributed by atoms with Crippen LogP contribution in [0.25, 0.3) is 5.57 Å². The molecule has 1 aromatic rings. The van der Waals surface area contributed by atoms with Crippen molar-refractivity contribution in [2.45, 2.75) is 12.8 Å². The summed E-state index contributed by atoms with van der Waals surface area (Å²) in [7, 11) is 1.98. The highest BCUT2D eigenvalue weighted by Gasteiger charge is 2.18. The van der Waals surface area contributed by atoms with E-state index >= 15 is 0 Å². The summed E-state index contributed by atoms with van der Waals surface area (Å²) in [5.74, 6) is 0.691. The second-order valence-electron chi connectivity index (χ2n) is 4.28. The third-order valence-electron chi connectivity index (χ3n) is 3.19. The van der Waals surface area contributed by atoms with Gasteiger partial charge in [0, 0.05) is 13.2 Å². The van der Waals surface area contributed by atoms with Crippen LogP contribution in [0, 0.1) is 5.92 Å². The molecule has 2 rings (SSSR count). The fourth-order valence-corrected chi connectivity index (χ4v) is 2.36. The molecule has 0 radical (unpaired) electrons. The molecule has 0 bridgehead atoms. The van der Waals surface area contributed by atoms with Crippen molar-refractivity contribution in [3.63, 3.8) is 0 Å². The summed E-state index contributed by atoms with van der Waals surface area (Å²) in [6, 6.07) is 10.7. The van der Waals surface area contributed by atoms with Crippen LogP contribution < -0.4 is 10.6 Å². The van der Waals surface area contributed by atoms with Crippen LogP contribution in [0.1, 0.15) is 18.4 Å². The van der Waals surface area contributed by atoms with E-state index in [0.29, 0.717) is 5.92 Å². The summed E-state index contributed by atoms with van der Waals surface area (Å²) in [6.07, 6.45) is 4.64. The van der Waals surface area contributed by atoms with Crippen molar-refractivity contribution in [3.8, 4) is 0 Å². The summed E-state index contributed by atoms with van der Waals surface area (Å²) < 4.78 is 0. The summed E-state index contributed by atoms with van der Waals surface area (Å²) in [4.78, 5) is 0. The predicted octanol–water partition coefficient (Wildman–Crippen LogP) is 2.25. The average molecular weight is 216 g/mol. The molecule has 0 unspecified atom stereocenters. The molecule has 0 saturated carbocycles. The molecule has 0 amide bonds. The first-order valence-corrected chi connectivity index (χ1v) is 6.05. The highest BCUT2D eigenvalue weighted by atomic mass is 14.9. The topological polar surface area (TPSA) is 24.1 Å². The molecule has 86 valence electrons. The van der Waals surface area contributed by atoms with Crippen molar-refractivity contribution < 1.29 is 0 Å². The Morgan fingerprint density at radius 2 is 1.94 bits per heavy atom. The van der Waals surface area contributed by atoms with Crippen molar-refractivity contribution >= 4 is 5.57 Å². The summed E-state index contributed by atoms with van der Waals surface area (Å²) in [5, 5.41) is 6.60. The fraction of sp³-hybridized carbons (Fsp3) is 0.429. The molecule has 0 atom stereocenters. The molecule has 0 aliphatic carbocycles. The zero-order chi connectivity index (χ0) is 11.2. The van der Waals surface area contributed by atoms with Gasteiger partial charge in [-0.05, 0) is 43.0 Å². The molecule has 2 N–H and O–H groups in total.